The quantitative estimate of drug-likeness (QED) is 0.451. The predicted molar refractivity (Wildman–Crippen MR) is 99.6 cm³/mol. The summed E-state index contributed by atoms with van der Waals surface area (Å²) in [7, 11) is 0. The van der Waals surface area contributed by atoms with E-state index in [9.17, 15) is 19.2 Å². The van der Waals surface area contributed by atoms with Crippen molar-refractivity contribution >= 4 is 34.6 Å². The van der Waals surface area contributed by atoms with Gasteiger partial charge >= 0.3 is 12.0 Å². The third kappa shape index (κ3) is 2.94. The van der Waals surface area contributed by atoms with Crippen LogP contribution in [0.15, 0.2) is 30.5 Å². The molecule has 3 amide bonds. The number of urea groups is 1. The van der Waals surface area contributed by atoms with Gasteiger partial charge in [-0.05, 0) is 38.7 Å². The van der Waals surface area contributed by atoms with Crippen molar-refractivity contribution < 1.29 is 23.9 Å². The summed E-state index contributed by atoms with van der Waals surface area (Å²) >= 11 is 0. The summed E-state index contributed by atoms with van der Waals surface area (Å²) in [6.07, 6.45) is 2.28. The van der Waals surface area contributed by atoms with E-state index in [0.717, 1.165) is 28.6 Å². The van der Waals surface area contributed by atoms with E-state index in [1.807, 2.05) is 18.2 Å². The molecule has 2 N–H and O–H groups in total. The van der Waals surface area contributed by atoms with Crippen LogP contribution in [0.1, 0.15) is 37.0 Å². The van der Waals surface area contributed by atoms with E-state index >= 15 is 0 Å². The van der Waals surface area contributed by atoms with Crippen molar-refractivity contribution in [1.29, 1.82) is 0 Å². The molecule has 4 rings (SSSR count). The number of H-pyrrole nitrogens is 1. The number of ketones is 1. The highest BCUT2D eigenvalue weighted by atomic mass is 16.5. The Hall–Kier alpha value is -3.16. The fraction of sp³-hybridized carbons (Fsp3) is 0.400. The number of hydrogen-bond donors (Lipinski definition) is 2. The molecule has 146 valence electrons. The molecule has 1 saturated carbocycles. The van der Waals surface area contributed by atoms with Crippen LogP contribution in [0.3, 0.4) is 0 Å². The van der Waals surface area contributed by atoms with E-state index < -0.39 is 36.1 Å². The summed E-state index contributed by atoms with van der Waals surface area (Å²) in [5.74, 6) is -1.48. The lowest BCUT2D eigenvalue weighted by Crippen LogP contribution is -2.46. The molecule has 8 heteroatoms. The SMILES string of the molecule is C[C@@H](OC(=O)CN1C(=O)N[C@](C)(C2CC2)C1=O)C(=O)c1c[nH]c2ccccc12. The molecule has 1 aliphatic heterocycles. The zero-order chi connectivity index (χ0) is 20.1. The van der Waals surface area contributed by atoms with Gasteiger partial charge in [0.05, 0.1) is 0 Å². The fourth-order valence-corrected chi connectivity index (χ4v) is 3.71. The summed E-state index contributed by atoms with van der Waals surface area (Å²) in [5, 5.41) is 3.42. The maximum atomic E-state index is 12.7. The smallest absolute Gasteiger partial charge is 0.326 e. The first-order chi connectivity index (χ1) is 13.3. The average molecular weight is 383 g/mol. The Bertz CT molecular complexity index is 993. The maximum Gasteiger partial charge on any atom is 0.326 e. The van der Waals surface area contributed by atoms with Crippen molar-refractivity contribution in [2.24, 2.45) is 5.92 Å². The molecule has 0 bridgehead atoms. The molecule has 1 saturated heterocycles. The highest BCUT2D eigenvalue weighted by Crippen LogP contribution is 2.42. The third-order valence-electron chi connectivity index (χ3n) is 5.51. The second-order valence-corrected chi connectivity index (χ2v) is 7.54. The lowest BCUT2D eigenvalue weighted by molar-refractivity contribution is -0.150. The van der Waals surface area contributed by atoms with Gasteiger partial charge in [0.1, 0.15) is 12.1 Å². The summed E-state index contributed by atoms with van der Waals surface area (Å²) in [5.41, 5.74) is 0.276. The number of imide groups is 1. The number of para-hydroxylation sites is 1. The van der Waals surface area contributed by atoms with Gasteiger partial charge in [-0.25, -0.2) is 4.79 Å². The first-order valence-electron chi connectivity index (χ1n) is 9.25. The van der Waals surface area contributed by atoms with Crippen molar-refractivity contribution in [3.05, 3.63) is 36.0 Å². The molecule has 0 unspecified atom stereocenters. The topological polar surface area (TPSA) is 109 Å². The molecule has 0 spiro atoms. The van der Waals surface area contributed by atoms with Crippen LogP contribution < -0.4 is 5.32 Å². The number of ether oxygens (including phenoxy) is 1. The molecule has 1 aromatic heterocycles. The normalized spacial score (nSPS) is 23.0. The number of esters is 1. The second-order valence-electron chi connectivity index (χ2n) is 7.54. The molecule has 1 aromatic carbocycles. The van der Waals surface area contributed by atoms with E-state index in [0.29, 0.717) is 5.56 Å². The van der Waals surface area contributed by atoms with E-state index in [-0.39, 0.29) is 11.7 Å². The Morgan fingerprint density at radius 1 is 1.29 bits per heavy atom. The van der Waals surface area contributed by atoms with Crippen LogP contribution in [0.5, 0.6) is 0 Å². The van der Waals surface area contributed by atoms with Crippen molar-refractivity contribution in [1.82, 2.24) is 15.2 Å². The first kappa shape index (κ1) is 18.2. The molecule has 2 fully saturated rings. The highest BCUT2D eigenvalue weighted by molar-refractivity contribution is 6.11. The minimum atomic E-state index is -1.04. The lowest BCUT2D eigenvalue weighted by atomic mass is 9.96. The van der Waals surface area contributed by atoms with Gasteiger partial charge in [0.15, 0.2) is 6.10 Å². The van der Waals surface area contributed by atoms with Crippen molar-refractivity contribution in [2.45, 2.75) is 38.3 Å². The average Bonchev–Trinajstić information content (AvgIpc) is 3.40. The number of hydrogen-bond acceptors (Lipinski definition) is 5. The number of carbonyl (C=O) groups is 4. The van der Waals surface area contributed by atoms with Crippen LogP contribution in [0, 0.1) is 5.92 Å². The number of Topliss-reactive ketones (excluding diaryl/α,β-unsaturated/α-hetero) is 1. The van der Waals surface area contributed by atoms with Crippen molar-refractivity contribution in [2.75, 3.05) is 6.54 Å². The van der Waals surface area contributed by atoms with Crippen molar-refractivity contribution in [3.8, 4) is 0 Å². The Morgan fingerprint density at radius 3 is 2.71 bits per heavy atom. The Morgan fingerprint density at radius 2 is 2.00 bits per heavy atom. The number of aromatic amines is 1. The minimum Gasteiger partial charge on any atom is -0.453 e. The largest absolute Gasteiger partial charge is 0.453 e. The number of nitrogens with one attached hydrogen (secondary N) is 2. The molecule has 0 radical (unpaired) electrons. The van der Waals surface area contributed by atoms with Gasteiger partial charge in [-0.2, -0.15) is 0 Å². The first-order valence-corrected chi connectivity index (χ1v) is 9.25. The van der Waals surface area contributed by atoms with Crippen LogP contribution in [0.2, 0.25) is 0 Å². The third-order valence-corrected chi connectivity index (χ3v) is 5.51. The standard InChI is InChI=1S/C20H21N3O5/c1-11(17(25)14-9-21-15-6-4-3-5-13(14)15)28-16(24)10-23-18(26)20(2,12-7-8-12)22-19(23)27/h3-6,9,11-12,21H,7-8,10H2,1-2H3,(H,22,27)/t11-,20-/m1/s1. The van der Waals surface area contributed by atoms with Gasteiger partial charge < -0.3 is 15.0 Å². The van der Waals surface area contributed by atoms with Crippen molar-refractivity contribution in [3.63, 3.8) is 0 Å². The molecule has 8 nitrogen and oxygen atoms in total. The molecular formula is C20H21N3O5. The van der Waals surface area contributed by atoms with Gasteiger partial charge in [-0.3, -0.25) is 19.3 Å². The van der Waals surface area contributed by atoms with E-state index in [4.69, 9.17) is 4.74 Å². The number of fused-ring (bicyclic) bond motifs is 1. The Kier molecular flexibility index (Phi) is 4.21. The summed E-state index contributed by atoms with van der Waals surface area (Å²) in [6, 6.07) is 6.71. The zero-order valence-electron chi connectivity index (χ0n) is 15.7. The Balaban J connectivity index is 1.41. The van der Waals surface area contributed by atoms with E-state index in [2.05, 4.69) is 10.3 Å². The highest BCUT2D eigenvalue weighted by Gasteiger charge is 2.56. The lowest BCUT2D eigenvalue weighted by Gasteiger charge is -2.21. The van der Waals surface area contributed by atoms with Gasteiger partial charge in [0.25, 0.3) is 5.91 Å². The molecular weight excluding hydrogens is 362 g/mol. The minimum absolute atomic E-state index is 0.104. The number of amides is 3. The number of aromatic nitrogens is 1. The van der Waals surface area contributed by atoms with Crippen LogP contribution in [-0.4, -0.2) is 51.8 Å². The number of carbonyl (C=O) groups excluding carboxylic acids is 4. The van der Waals surface area contributed by atoms with Crippen LogP contribution in [0.4, 0.5) is 4.79 Å². The van der Waals surface area contributed by atoms with Gasteiger partial charge in [0, 0.05) is 22.7 Å². The molecule has 2 atom stereocenters. The summed E-state index contributed by atoms with van der Waals surface area (Å²) in [4.78, 5) is 53.5. The molecule has 2 aliphatic rings. The monoisotopic (exact) mass is 383 g/mol. The summed E-state index contributed by atoms with van der Waals surface area (Å²) < 4.78 is 5.21. The number of benzene rings is 1. The maximum absolute atomic E-state index is 12.7. The molecule has 2 aromatic rings. The molecule has 1 aliphatic carbocycles. The zero-order valence-corrected chi connectivity index (χ0v) is 15.7. The van der Waals surface area contributed by atoms with Crippen LogP contribution in [0.25, 0.3) is 10.9 Å². The van der Waals surface area contributed by atoms with Crippen LogP contribution >= 0.6 is 0 Å². The number of rotatable bonds is 6. The van der Waals surface area contributed by atoms with Gasteiger partial charge in [-0.1, -0.05) is 18.2 Å². The van der Waals surface area contributed by atoms with E-state index in [1.165, 1.54) is 6.92 Å². The second kappa shape index (κ2) is 6.47. The predicted octanol–water partition coefficient (Wildman–Crippen LogP) is 2.00. The van der Waals surface area contributed by atoms with E-state index in [1.54, 1.807) is 19.2 Å². The van der Waals surface area contributed by atoms with Crippen LogP contribution in [-0.2, 0) is 14.3 Å². The molecule has 28 heavy (non-hydrogen) atoms. The fourth-order valence-electron chi connectivity index (χ4n) is 3.71. The Labute approximate surface area is 161 Å². The summed E-state index contributed by atoms with van der Waals surface area (Å²) in [6.45, 7) is 2.64. The number of nitrogens with zero attached hydrogens (tertiary/aromatic N) is 1. The van der Waals surface area contributed by atoms with Gasteiger partial charge in [-0.15, -0.1) is 0 Å². The van der Waals surface area contributed by atoms with Gasteiger partial charge in [0.2, 0.25) is 5.78 Å². The molecule has 2 heterocycles.